The molecule has 1 N–H and O–H groups in total. The second kappa shape index (κ2) is 9.64. The smallest absolute Gasteiger partial charge is 0.283 e. The highest BCUT2D eigenvalue weighted by Crippen LogP contribution is 2.38. The highest BCUT2D eigenvalue weighted by Gasteiger charge is 2.57. The zero-order chi connectivity index (χ0) is 23.8. The van der Waals surface area contributed by atoms with Crippen LogP contribution in [-0.2, 0) is 16.0 Å². The van der Waals surface area contributed by atoms with E-state index in [2.05, 4.69) is 4.72 Å². The first-order chi connectivity index (χ1) is 15.7. The second-order valence-corrected chi connectivity index (χ2v) is 9.57. The van der Waals surface area contributed by atoms with Crippen LogP contribution in [0.1, 0.15) is 24.5 Å². The van der Waals surface area contributed by atoms with E-state index in [1.165, 1.54) is 24.3 Å². The minimum absolute atomic E-state index is 0.107. The van der Waals surface area contributed by atoms with Crippen molar-refractivity contribution in [1.29, 1.82) is 0 Å². The van der Waals surface area contributed by atoms with E-state index in [-0.39, 0.29) is 17.5 Å². The predicted octanol–water partition coefficient (Wildman–Crippen LogP) is 4.74. The third-order valence-corrected chi connectivity index (χ3v) is 6.80. The highest BCUT2D eigenvalue weighted by molar-refractivity contribution is 7.97. The Bertz CT molecular complexity index is 1010. The summed E-state index contributed by atoms with van der Waals surface area (Å²) in [6.07, 6.45) is -0.352. The van der Waals surface area contributed by atoms with Gasteiger partial charge in [-0.2, -0.15) is 0 Å². The predicted molar refractivity (Wildman–Crippen MR) is 120 cm³/mol. The Balaban J connectivity index is 1.68. The molecule has 0 aromatic heterocycles. The van der Waals surface area contributed by atoms with Crippen molar-refractivity contribution < 1.29 is 27.1 Å². The standard InChI is InChI=1S/C24H26F4N2O2S/c1-3-33-29-22-19(30(13-24(22,27)28)23(31)20-7-8-32-20)12-15-5-4-6-18(21(15)26)16-9-14(2)10-17(25)11-16/h4-6,9-11,19-20,22,29H,3,7-8,12-13H2,1-2H3/t19-,20?,22+/m0/s1. The van der Waals surface area contributed by atoms with Gasteiger partial charge in [0.2, 0.25) is 0 Å². The van der Waals surface area contributed by atoms with Crippen LogP contribution >= 0.6 is 11.9 Å². The van der Waals surface area contributed by atoms with Gasteiger partial charge >= 0.3 is 0 Å². The maximum absolute atomic E-state index is 15.5. The average Bonchev–Trinajstić information content (AvgIpc) is 2.95. The first-order valence-electron chi connectivity index (χ1n) is 10.9. The van der Waals surface area contributed by atoms with Crippen LogP contribution in [0.4, 0.5) is 17.6 Å². The summed E-state index contributed by atoms with van der Waals surface area (Å²) in [6, 6.07) is 6.62. The minimum atomic E-state index is -3.18. The molecule has 0 spiro atoms. The molecule has 1 amide bonds. The van der Waals surface area contributed by atoms with Gasteiger partial charge in [0.15, 0.2) is 0 Å². The van der Waals surface area contributed by atoms with Crippen molar-refractivity contribution in [3.63, 3.8) is 0 Å². The summed E-state index contributed by atoms with van der Waals surface area (Å²) in [7, 11) is 0. The summed E-state index contributed by atoms with van der Waals surface area (Å²) >= 11 is 1.14. The summed E-state index contributed by atoms with van der Waals surface area (Å²) in [5, 5.41) is 0. The van der Waals surface area contributed by atoms with Gasteiger partial charge in [-0.15, -0.1) is 0 Å². The van der Waals surface area contributed by atoms with Crippen molar-refractivity contribution >= 4 is 17.9 Å². The van der Waals surface area contributed by atoms with Crippen LogP contribution in [0.3, 0.4) is 0 Å². The molecule has 2 aromatic rings. The van der Waals surface area contributed by atoms with E-state index < -0.39 is 48.2 Å². The fourth-order valence-corrected chi connectivity index (χ4v) is 5.08. The largest absolute Gasteiger partial charge is 0.368 e. The number of ether oxygens (including phenoxy) is 1. The first kappa shape index (κ1) is 24.0. The lowest BCUT2D eigenvalue weighted by atomic mass is 9.94. The van der Waals surface area contributed by atoms with Gasteiger partial charge in [0, 0.05) is 17.7 Å². The molecule has 4 rings (SSSR count). The highest BCUT2D eigenvalue weighted by atomic mass is 32.2. The van der Waals surface area contributed by atoms with E-state index in [1.54, 1.807) is 19.1 Å². The van der Waals surface area contributed by atoms with Gasteiger partial charge in [-0.25, -0.2) is 17.6 Å². The first-order valence-corrected chi connectivity index (χ1v) is 11.9. The van der Waals surface area contributed by atoms with Crippen LogP contribution in [0.15, 0.2) is 36.4 Å². The monoisotopic (exact) mass is 482 g/mol. The van der Waals surface area contributed by atoms with Gasteiger partial charge in [-0.1, -0.05) is 43.1 Å². The topological polar surface area (TPSA) is 41.6 Å². The number of carbonyl (C=O) groups is 1. The molecule has 0 aliphatic carbocycles. The molecule has 178 valence electrons. The lowest BCUT2D eigenvalue weighted by Crippen LogP contribution is -2.51. The maximum Gasteiger partial charge on any atom is 0.283 e. The lowest BCUT2D eigenvalue weighted by molar-refractivity contribution is -0.158. The van der Waals surface area contributed by atoms with Crippen molar-refractivity contribution in [2.24, 2.45) is 0 Å². The molecule has 4 nitrogen and oxygen atoms in total. The van der Waals surface area contributed by atoms with Gasteiger partial charge in [0.25, 0.3) is 11.8 Å². The van der Waals surface area contributed by atoms with Crippen LogP contribution in [0.2, 0.25) is 0 Å². The summed E-state index contributed by atoms with van der Waals surface area (Å²) in [5.74, 6) is -4.20. The number of benzene rings is 2. The molecule has 2 heterocycles. The number of aryl methyl sites for hydroxylation is 1. The van der Waals surface area contributed by atoms with Gasteiger partial charge in [-0.3, -0.25) is 9.52 Å². The molecule has 2 aliphatic heterocycles. The summed E-state index contributed by atoms with van der Waals surface area (Å²) < 4.78 is 67.4. The number of rotatable bonds is 7. The fraction of sp³-hybridized carbons (Fsp3) is 0.458. The Morgan fingerprint density at radius 1 is 1.27 bits per heavy atom. The van der Waals surface area contributed by atoms with Crippen molar-refractivity contribution in [3.8, 4) is 11.1 Å². The molecule has 3 atom stereocenters. The van der Waals surface area contributed by atoms with E-state index in [0.29, 0.717) is 29.9 Å². The Hall–Kier alpha value is -2.10. The van der Waals surface area contributed by atoms with E-state index in [0.717, 1.165) is 16.8 Å². The molecular weight excluding hydrogens is 456 g/mol. The minimum Gasteiger partial charge on any atom is -0.368 e. The number of hydrogen-bond acceptors (Lipinski definition) is 4. The Morgan fingerprint density at radius 2 is 2.03 bits per heavy atom. The third-order valence-electron chi connectivity index (χ3n) is 6.09. The Labute approximate surface area is 194 Å². The van der Waals surface area contributed by atoms with Crippen LogP contribution in [-0.4, -0.2) is 53.8 Å². The molecule has 9 heteroatoms. The third kappa shape index (κ3) is 4.90. The number of carbonyl (C=O) groups excluding carboxylic acids is 1. The van der Waals surface area contributed by atoms with Gasteiger partial charge in [-0.05, 0) is 42.2 Å². The zero-order valence-electron chi connectivity index (χ0n) is 18.4. The number of alkyl halides is 2. The van der Waals surface area contributed by atoms with Crippen LogP contribution < -0.4 is 4.72 Å². The Morgan fingerprint density at radius 3 is 2.67 bits per heavy atom. The van der Waals surface area contributed by atoms with E-state index in [1.807, 2.05) is 6.92 Å². The molecule has 2 aromatic carbocycles. The summed E-state index contributed by atoms with van der Waals surface area (Å²) in [6.45, 7) is 3.21. The number of hydrogen-bond donors (Lipinski definition) is 1. The summed E-state index contributed by atoms with van der Waals surface area (Å²) in [4.78, 5) is 14.0. The normalized spacial score (nSPS) is 24.1. The van der Waals surface area contributed by atoms with Crippen molar-refractivity contribution in [2.45, 2.75) is 50.8 Å². The van der Waals surface area contributed by atoms with E-state index in [9.17, 15) is 18.0 Å². The summed E-state index contributed by atoms with van der Waals surface area (Å²) in [5.41, 5.74) is 1.39. The molecule has 33 heavy (non-hydrogen) atoms. The van der Waals surface area contributed by atoms with Crippen LogP contribution in [0.25, 0.3) is 11.1 Å². The average molecular weight is 483 g/mol. The Kier molecular flexibility index (Phi) is 7.02. The van der Waals surface area contributed by atoms with Crippen LogP contribution in [0.5, 0.6) is 0 Å². The molecule has 1 unspecified atom stereocenters. The lowest BCUT2D eigenvalue weighted by Gasteiger charge is -2.34. The number of nitrogens with zero attached hydrogens (tertiary/aromatic N) is 1. The number of halogens is 4. The molecule has 2 saturated heterocycles. The second-order valence-electron chi connectivity index (χ2n) is 8.47. The van der Waals surface area contributed by atoms with Crippen LogP contribution in [0, 0.1) is 18.6 Å². The van der Waals surface area contributed by atoms with E-state index >= 15 is 4.39 Å². The number of nitrogens with one attached hydrogen (secondary N) is 1. The van der Waals surface area contributed by atoms with Gasteiger partial charge in [0.1, 0.15) is 23.8 Å². The SMILES string of the molecule is CCSN[C@@H]1[C@H](Cc2cccc(-c3cc(C)cc(F)c3)c2F)N(C(=O)C2CCO2)CC1(F)F. The van der Waals surface area contributed by atoms with Crippen molar-refractivity contribution in [2.75, 3.05) is 18.9 Å². The molecule has 2 fully saturated rings. The van der Waals surface area contributed by atoms with E-state index in [4.69, 9.17) is 4.74 Å². The molecule has 0 radical (unpaired) electrons. The number of likely N-dealkylation sites (tertiary alicyclic amines) is 1. The number of amides is 1. The molecule has 2 aliphatic rings. The van der Waals surface area contributed by atoms with Gasteiger partial charge < -0.3 is 9.64 Å². The van der Waals surface area contributed by atoms with Crippen molar-refractivity contribution in [3.05, 3.63) is 59.2 Å². The van der Waals surface area contributed by atoms with Crippen molar-refractivity contribution in [1.82, 2.24) is 9.62 Å². The zero-order valence-corrected chi connectivity index (χ0v) is 19.2. The molecular formula is C24H26F4N2O2S. The van der Waals surface area contributed by atoms with Gasteiger partial charge in [0.05, 0.1) is 19.2 Å². The molecule has 0 saturated carbocycles. The fourth-order valence-electron chi connectivity index (χ4n) is 4.40. The quantitative estimate of drug-likeness (QED) is 0.457. The maximum atomic E-state index is 15.5. The molecule has 0 bridgehead atoms.